The number of hydrogen-bond donors (Lipinski definition) is 1. The Morgan fingerprint density at radius 2 is 1.62 bits per heavy atom. The molecule has 198 valence electrons. The van der Waals surface area contributed by atoms with Gasteiger partial charge in [-0.2, -0.15) is 5.26 Å². The number of halogens is 1. The van der Waals surface area contributed by atoms with E-state index in [1.807, 2.05) is 58.0 Å². The van der Waals surface area contributed by atoms with Crippen LogP contribution in [0.25, 0.3) is 17.2 Å². The summed E-state index contributed by atoms with van der Waals surface area (Å²) in [5, 5.41) is 12.0. The Balaban J connectivity index is 1.33. The Hall–Kier alpha value is -3.93. The lowest BCUT2D eigenvalue weighted by Crippen LogP contribution is -2.41. The second-order valence-electron chi connectivity index (χ2n) is 10.8. The monoisotopic (exact) mass is 524 g/mol. The van der Waals surface area contributed by atoms with E-state index in [2.05, 4.69) is 29.6 Å². The first kappa shape index (κ1) is 26.7. The van der Waals surface area contributed by atoms with E-state index in [-0.39, 0.29) is 24.6 Å². The number of carbonyl (C=O) groups is 1. The van der Waals surface area contributed by atoms with Crippen LogP contribution in [0, 0.1) is 17.1 Å². The Labute approximate surface area is 228 Å². The van der Waals surface area contributed by atoms with Crippen molar-refractivity contribution >= 4 is 19.3 Å². The molecule has 0 saturated carbocycles. The Kier molecular flexibility index (Phi) is 7.06. The summed E-state index contributed by atoms with van der Waals surface area (Å²) < 4.78 is 32.7. The fourth-order valence-corrected chi connectivity index (χ4v) is 4.94. The number of fused-ring (bicyclic) bond motifs is 3. The van der Waals surface area contributed by atoms with E-state index in [1.54, 1.807) is 6.08 Å². The predicted molar refractivity (Wildman–Crippen MR) is 148 cm³/mol. The van der Waals surface area contributed by atoms with Gasteiger partial charge in [0, 0.05) is 18.0 Å². The minimum absolute atomic E-state index is 0.00369. The van der Waals surface area contributed by atoms with Crippen LogP contribution in [0.1, 0.15) is 55.9 Å². The molecule has 3 aromatic rings. The largest absolute Gasteiger partial charge is 0.492 e. The van der Waals surface area contributed by atoms with Gasteiger partial charge in [0.05, 0.1) is 22.8 Å². The maximum atomic E-state index is 14.6. The Morgan fingerprint density at radius 1 is 1.03 bits per heavy atom. The van der Waals surface area contributed by atoms with Crippen LogP contribution in [0.3, 0.4) is 0 Å². The molecule has 1 saturated heterocycles. The van der Waals surface area contributed by atoms with E-state index in [0.717, 1.165) is 22.3 Å². The molecule has 2 aliphatic rings. The SMILES string of the molecule is CC1(C)OB(C(=Cc2cc(C#N)ccc2F)CNC(=O)OCC2c3ccccc3-c3ccccc32)OC1(C)C. The standard InChI is InChI=1S/C31H30BFN2O4/c1-30(2)31(3,4)39-32(38-30)22(16-21-15-20(17-34)13-14-28(21)33)18-35-29(36)37-19-27-25-11-7-5-9-23(25)24-10-6-8-12-26(24)27/h5-16,27H,18-19H2,1-4H3,(H,35,36). The van der Waals surface area contributed by atoms with E-state index >= 15 is 0 Å². The molecule has 3 aromatic carbocycles. The summed E-state index contributed by atoms with van der Waals surface area (Å²) in [6.45, 7) is 7.85. The van der Waals surface area contributed by atoms with Gasteiger partial charge in [-0.3, -0.25) is 0 Å². The lowest BCUT2D eigenvalue weighted by atomic mass is 9.77. The highest BCUT2D eigenvalue weighted by Gasteiger charge is 2.52. The van der Waals surface area contributed by atoms with E-state index in [4.69, 9.17) is 14.0 Å². The van der Waals surface area contributed by atoms with Crippen molar-refractivity contribution in [3.63, 3.8) is 0 Å². The number of nitriles is 1. The van der Waals surface area contributed by atoms with Gasteiger partial charge in [0.15, 0.2) is 0 Å². The van der Waals surface area contributed by atoms with Gasteiger partial charge in [0.25, 0.3) is 0 Å². The summed E-state index contributed by atoms with van der Waals surface area (Å²) in [5.74, 6) is -0.562. The van der Waals surface area contributed by atoms with E-state index in [9.17, 15) is 14.4 Å². The van der Waals surface area contributed by atoms with Crippen molar-refractivity contribution in [2.24, 2.45) is 0 Å². The van der Waals surface area contributed by atoms with Crippen LogP contribution in [-0.4, -0.2) is 37.6 Å². The maximum absolute atomic E-state index is 14.6. The average Bonchev–Trinajstić information content (AvgIpc) is 3.35. The Morgan fingerprint density at radius 3 is 2.21 bits per heavy atom. The van der Waals surface area contributed by atoms with Crippen molar-refractivity contribution in [3.8, 4) is 17.2 Å². The molecule has 1 aliphatic heterocycles. The molecule has 39 heavy (non-hydrogen) atoms. The van der Waals surface area contributed by atoms with Crippen molar-refractivity contribution in [1.82, 2.24) is 5.32 Å². The third-order valence-electron chi connectivity index (χ3n) is 7.80. The molecule has 1 amide bonds. The number of amides is 1. The van der Waals surface area contributed by atoms with Crippen LogP contribution < -0.4 is 5.32 Å². The van der Waals surface area contributed by atoms with Gasteiger partial charge < -0.3 is 19.4 Å². The highest BCUT2D eigenvalue weighted by atomic mass is 19.1. The first-order chi connectivity index (χ1) is 18.6. The first-order valence-corrected chi connectivity index (χ1v) is 12.9. The molecule has 0 unspecified atom stereocenters. The van der Waals surface area contributed by atoms with Crippen molar-refractivity contribution in [3.05, 3.63) is 100 Å². The number of hydrogen-bond acceptors (Lipinski definition) is 5. The quantitative estimate of drug-likeness (QED) is 0.386. The van der Waals surface area contributed by atoms with E-state index in [0.29, 0.717) is 11.0 Å². The molecule has 6 nitrogen and oxygen atoms in total. The van der Waals surface area contributed by atoms with Crippen LogP contribution in [0.15, 0.2) is 72.2 Å². The summed E-state index contributed by atoms with van der Waals surface area (Å²) in [6, 6.07) is 22.4. The number of carbonyl (C=O) groups excluding carboxylic acids is 1. The topological polar surface area (TPSA) is 80.6 Å². The van der Waals surface area contributed by atoms with Gasteiger partial charge in [-0.1, -0.05) is 54.6 Å². The fraction of sp³-hybridized carbons (Fsp3) is 0.290. The molecule has 5 rings (SSSR count). The summed E-state index contributed by atoms with van der Waals surface area (Å²) in [6.07, 6.45) is 0.952. The average molecular weight is 524 g/mol. The summed E-state index contributed by atoms with van der Waals surface area (Å²) in [4.78, 5) is 12.9. The predicted octanol–water partition coefficient (Wildman–Crippen LogP) is 6.25. The highest BCUT2D eigenvalue weighted by Crippen LogP contribution is 2.44. The molecular formula is C31H30BFN2O4. The third kappa shape index (κ3) is 5.20. The lowest BCUT2D eigenvalue weighted by molar-refractivity contribution is 0.00578. The van der Waals surface area contributed by atoms with E-state index in [1.165, 1.54) is 18.2 Å². The molecule has 0 atom stereocenters. The zero-order valence-corrected chi connectivity index (χ0v) is 22.5. The van der Waals surface area contributed by atoms with Crippen LogP contribution >= 0.6 is 0 Å². The maximum Gasteiger partial charge on any atom is 0.492 e. The number of ether oxygens (including phenoxy) is 1. The second-order valence-corrected chi connectivity index (χ2v) is 10.8. The molecule has 1 heterocycles. The van der Waals surface area contributed by atoms with Gasteiger partial charge in [-0.25, -0.2) is 9.18 Å². The van der Waals surface area contributed by atoms with Crippen LogP contribution in [0.5, 0.6) is 0 Å². The molecule has 0 aromatic heterocycles. The molecule has 1 N–H and O–H groups in total. The summed E-state index contributed by atoms with van der Waals surface area (Å²) in [5.41, 5.74) is 4.30. The van der Waals surface area contributed by atoms with Gasteiger partial charge in [-0.15, -0.1) is 0 Å². The van der Waals surface area contributed by atoms with Crippen LogP contribution in [0.2, 0.25) is 0 Å². The normalized spacial score (nSPS) is 17.3. The number of alkyl carbamates (subject to hydrolysis) is 1. The third-order valence-corrected chi connectivity index (χ3v) is 7.80. The summed E-state index contributed by atoms with van der Waals surface area (Å²) >= 11 is 0. The van der Waals surface area contributed by atoms with E-state index < -0.39 is 30.2 Å². The molecule has 0 spiro atoms. The smallest absolute Gasteiger partial charge is 0.449 e. The summed E-state index contributed by atoms with van der Waals surface area (Å²) in [7, 11) is -0.825. The minimum atomic E-state index is -0.825. The minimum Gasteiger partial charge on any atom is -0.449 e. The van der Waals surface area contributed by atoms with Crippen molar-refractivity contribution in [2.75, 3.05) is 13.2 Å². The zero-order chi connectivity index (χ0) is 27.8. The fourth-order valence-electron chi connectivity index (χ4n) is 4.94. The highest BCUT2D eigenvalue weighted by molar-refractivity contribution is 6.56. The molecule has 1 fully saturated rings. The van der Waals surface area contributed by atoms with Crippen molar-refractivity contribution in [2.45, 2.75) is 44.8 Å². The van der Waals surface area contributed by atoms with Gasteiger partial charge in [-0.05, 0) is 73.6 Å². The molecule has 8 heteroatoms. The lowest BCUT2D eigenvalue weighted by Gasteiger charge is -2.32. The zero-order valence-electron chi connectivity index (χ0n) is 22.5. The van der Waals surface area contributed by atoms with Gasteiger partial charge in [0.1, 0.15) is 12.4 Å². The number of rotatable bonds is 6. The van der Waals surface area contributed by atoms with Crippen molar-refractivity contribution < 1.29 is 23.2 Å². The molecular weight excluding hydrogens is 494 g/mol. The Bertz CT molecular complexity index is 1430. The second kappa shape index (κ2) is 10.3. The molecule has 0 radical (unpaired) electrons. The van der Waals surface area contributed by atoms with Gasteiger partial charge in [0.2, 0.25) is 0 Å². The van der Waals surface area contributed by atoms with Crippen molar-refractivity contribution in [1.29, 1.82) is 5.26 Å². The van der Waals surface area contributed by atoms with Crippen LogP contribution in [0.4, 0.5) is 9.18 Å². The first-order valence-electron chi connectivity index (χ1n) is 12.9. The number of benzene rings is 3. The van der Waals surface area contributed by atoms with Crippen LogP contribution in [-0.2, 0) is 14.0 Å². The number of nitrogens with one attached hydrogen (secondary N) is 1. The van der Waals surface area contributed by atoms with Gasteiger partial charge >= 0.3 is 13.2 Å². The molecule has 0 bridgehead atoms. The molecule has 1 aliphatic carbocycles. The number of nitrogens with zero attached hydrogens (tertiary/aromatic N) is 1.